The minimum atomic E-state index is -0.264. The van der Waals surface area contributed by atoms with Gasteiger partial charge in [-0.3, -0.25) is 0 Å². The van der Waals surface area contributed by atoms with Crippen LogP contribution in [0.1, 0.15) is 24.0 Å². The van der Waals surface area contributed by atoms with Gasteiger partial charge in [-0.2, -0.15) is 0 Å². The molecular formula is C12H18FNO. The number of hydrogen-bond acceptors (Lipinski definition) is 2. The van der Waals surface area contributed by atoms with E-state index in [-0.39, 0.29) is 5.82 Å². The zero-order chi connectivity index (χ0) is 11.3. The van der Waals surface area contributed by atoms with Gasteiger partial charge >= 0.3 is 0 Å². The van der Waals surface area contributed by atoms with Gasteiger partial charge in [0, 0.05) is 0 Å². The maximum absolute atomic E-state index is 13.4. The molecule has 15 heavy (non-hydrogen) atoms. The number of ether oxygens (including phenoxy) is 1. The molecule has 2 N–H and O–H groups in total. The molecule has 1 aromatic carbocycles. The van der Waals surface area contributed by atoms with Crippen molar-refractivity contribution >= 4 is 0 Å². The highest BCUT2D eigenvalue weighted by atomic mass is 19.1. The van der Waals surface area contributed by atoms with E-state index in [1.807, 2.05) is 6.07 Å². The molecular weight excluding hydrogens is 193 g/mol. The monoisotopic (exact) mass is 211 g/mol. The molecule has 0 aliphatic heterocycles. The van der Waals surface area contributed by atoms with E-state index < -0.39 is 0 Å². The summed E-state index contributed by atoms with van der Waals surface area (Å²) in [5, 5.41) is 0. The molecule has 0 bridgehead atoms. The van der Waals surface area contributed by atoms with Crippen molar-refractivity contribution in [2.75, 3.05) is 13.7 Å². The van der Waals surface area contributed by atoms with E-state index in [0.29, 0.717) is 17.9 Å². The number of methoxy groups -OCH3 is 1. The van der Waals surface area contributed by atoms with Crippen molar-refractivity contribution in [1.29, 1.82) is 0 Å². The van der Waals surface area contributed by atoms with Crippen molar-refractivity contribution in [2.24, 2.45) is 5.73 Å². The fraction of sp³-hybridized carbons (Fsp3) is 0.500. The predicted molar refractivity (Wildman–Crippen MR) is 59.7 cm³/mol. The lowest BCUT2D eigenvalue weighted by molar-refractivity contribution is 0.384. The van der Waals surface area contributed by atoms with Crippen LogP contribution in [-0.4, -0.2) is 13.7 Å². The Morgan fingerprint density at radius 1 is 1.33 bits per heavy atom. The van der Waals surface area contributed by atoms with E-state index in [0.717, 1.165) is 24.8 Å². The van der Waals surface area contributed by atoms with Crippen molar-refractivity contribution in [2.45, 2.75) is 26.2 Å². The number of halogens is 1. The normalized spacial score (nSPS) is 10.4. The Morgan fingerprint density at radius 3 is 2.67 bits per heavy atom. The molecule has 1 aromatic rings. The quantitative estimate of drug-likeness (QED) is 0.759. The molecule has 0 spiro atoms. The summed E-state index contributed by atoms with van der Waals surface area (Å²) >= 11 is 0. The minimum Gasteiger partial charge on any atom is -0.494 e. The topological polar surface area (TPSA) is 35.2 Å². The minimum absolute atomic E-state index is 0.264. The van der Waals surface area contributed by atoms with Crippen molar-refractivity contribution in [3.63, 3.8) is 0 Å². The van der Waals surface area contributed by atoms with Gasteiger partial charge in [-0.15, -0.1) is 0 Å². The standard InChI is InChI=1S/C12H18FNO/c1-9-7-10(5-3-4-6-14)8-11(15-2)12(9)13/h7-8H,3-6,14H2,1-2H3. The van der Waals surface area contributed by atoms with Gasteiger partial charge < -0.3 is 10.5 Å². The molecule has 0 atom stereocenters. The number of aryl methyl sites for hydroxylation is 2. The maximum Gasteiger partial charge on any atom is 0.167 e. The second-order valence-electron chi connectivity index (χ2n) is 3.67. The highest BCUT2D eigenvalue weighted by molar-refractivity contribution is 5.35. The van der Waals surface area contributed by atoms with Crippen LogP contribution in [0.2, 0.25) is 0 Å². The molecule has 0 radical (unpaired) electrons. The molecule has 84 valence electrons. The Labute approximate surface area is 90.2 Å². The molecule has 0 amide bonds. The third kappa shape index (κ3) is 3.20. The first-order valence-corrected chi connectivity index (χ1v) is 5.22. The molecule has 0 heterocycles. The summed E-state index contributed by atoms with van der Waals surface area (Å²) < 4.78 is 18.4. The smallest absolute Gasteiger partial charge is 0.167 e. The zero-order valence-corrected chi connectivity index (χ0v) is 9.35. The Morgan fingerprint density at radius 2 is 2.07 bits per heavy atom. The molecule has 0 aliphatic rings. The Balaban J connectivity index is 2.77. The van der Waals surface area contributed by atoms with Gasteiger partial charge in [-0.05, 0) is 49.9 Å². The fourth-order valence-electron chi connectivity index (χ4n) is 1.58. The van der Waals surface area contributed by atoms with Crippen LogP contribution >= 0.6 is 0 Å². The van der Waals surface area contributed by atoms with Gasteiger partial charge in [-0.1, -0.05) is 6.07 Å². The number of rotatable bonds is 5. The van der Waals surface area contributed by atoms with Gasteiger partial charge in [0.05, 0.1) is 7.11 Å². The first kappa shape index (κ1) is 12.0. The van der Waals surface area contributed by atoms with E-state index in [1.54, 1.807) is 13.0 Å². The molecule has 3 heteroatoms. The molecule has 0 saturated heterocycles. The zero-order valence-electron chi connectivity index (χ0n) is 9.35. The van der Waals surface area contributed by atoms with Crippen LogP contribution in [0, 0.1) is 12.7 Å². The van der Waals surface area contributed by atoms with E-state index >= 15 is 0 Å². The van der Waals surface area contributed by atoms with Gasteiger partial charge in [0.15, 0.2) is 11.6 Å². The summed E-state index contributed by atoms with van der Waals surface area (Å²) in [5.74, 6) is 0.0674. The van der Waals surface area contributed by atoms with Gasteiger partial charge in [0.25, 0.3) is 0 Å². The average Bonchev–Trinajstić information content (AvgIpc) is 2.23. The predicted octanol–water partition coefficient (Wildman–Crippen LogP) is 2.42. The van der Waals surface area contributed by atoms with Gasteiger partial charge in [0.2, 0.25) is 0 Å². The SMILES string of the molecule is COc1cc(CCCCN)cc(C)c1F. The second kappa shape index (κ2) is 5.71. The Kier molecular flexibility index (Phi) is 4.56. The summed E-state index contributed by atoms with van der Waals surface area (Å²) in [4.78, 5) is 0. The number of nitrogens with two attached hydrogens (primary N) is 1. The lowest BCUT2D eigenvalue weighted by Gasteiger charge is -2.08. The van der Waals surface area contributed by atoms with Gasteiger partial charge in [-0.25, -0.2) is 4.39 Å². The van der Waals surface area contributed by atoms with Crippen LogP contribution in [-0.2, 0) is 6.42 Å². The summed E-state index contributed by atoms with van der Waals surface area (Å²) in [7, 11) is 1.49. The molecule has 0 aromatic heterocycles. The van der Waals surface area contributed by atoms with Crippen molar-refractivity contribution < 1.29 is 9.13 Å². The second-order valence-corrected chi connectivity index (χ2v) is 3.67. The lowest BCUT2D eigenvalue weighted by Crippen LogP contribution is -2.00. The van der Waals surface area contributed by atoms with Crippen molar-refractivity contribution in [1.82, 2.24) is 0 Å². The fourth-order valence-corrected chi connectivity index (χ4v) is 1.58. The summed E-state index contributed by atoms with van der Waals surface area (Å²) in [6.45, 7) is 2.46. The number of hydrogen-bond donors (Lipinski definition) is 1. The number of unbranched alkanes of at least 4 members (excludes halogenated alkanes) is 1. The van der Waals surface area contributed by atoms with Crippen molar-refractivity contribution in [3.05, 3.63) is 29.1 Å². The first-order valence-electron chi connectivity index (χ1n) is 5.22. The first-order chi connectivity index (χ1) is 7.19. The van der Waals surface area contributed by atoms with Crippen LogP contribution in [0.3, 0.4) is 0 Å². The van der Waals surface area contributed by atoms with Crippen molar-refractivity contribution in [3.8, 4) is 5.75 Å². The molecule has 0 fully saturated rings. The third-order valence-corrected chi connectivity index (χ3v) is 2.42. The number of benzene rings is 1. The Bertz CT molecular complexity index is 326. The molecule has 0 saturated carbocycles. The van der Waals surface area contributed by atoms with E-state index in [9.17, 15) is 4.39 Å². The molecule has 0 aliphatic carbocycles. The average molecular weight is 211 g/mol. The van der Waals surface area contributed by atoms with Crippen LogP contribution in [0.25, 0.3) is 0 Å². The van der Waals surface area contributed by atoms with E-state index in [4.69, 9.17) is 10.5 Å². The maximum atomic E-state index is 13.4. The summed E-state index contributed by atoms with van der Waals surface area (Å²) in [6.07, 6.45) is 2.96. The summed E-state index contributed by atoms with van der Waals surface area (Å²) in [5.41, 5.74) is 7.16. The highest BCUT2D eigenvalue weighted by Gasteiger charge is 2.07. The third-order valence-electron chi connectivity index (χ3n) is 2.42. The highest BCUT2D eigenvalue weighted by Crippen LogP contribution is 2.23. The van der Waals surface area contributed by atoms with Crippen LogP contribution in [0.15, 0.2) is 12.1 Å². The lowest BCUT2D eigenvalue weighted by atomic mass is 10.0. The molecule has 0 unspecified atom stereocenters. The van der Waals surface area contributed by atoms with Crippen LogP contribution in [0.4, 0.5) is 4.39 Å². The summed E-state index contributed by atoms with van der Waals surface area (Å²) in [6, 6.07) is 3.63. The largest absolute Gasteiger partial charge is 0.494 e. The van der Waals surface area contributed by atoms with E-state index in [2.05, 4.69) is 0 Å². The Hall–Kier alpha value is -1.09. The van der Waals surface area contributed by atoms with Gasteiger partial charge in [0.1, 0.15) is 0 Å². The van der Waals surface area contributed by atoms with E-state index in [1.165, 1.54) is 7.11 Å². The molecule has 1 rings (SSSR count). The van der Waals surface area contributed by atoms with Crippen LogP contribution in [0.5, 0.6) is 5.75 Å². The molecule has 2 nitrogen and oxygen atoms in total. The van der Waals surface area contributed by atoms with Crippen LogP contribution < -0.4 is 10.5 Å².